The second kappa shape index (κ2) is 9.44. The summed E-state index contributed by atoms with van der Waals surface area (Å²) >= 11 is 0. The van der Waals surface area contributed by atoms with Crippen molar-refractivity contribution in [3.8, 4) is 5.82 Å². The van der Waals surface area contributed by atoms with Crippen LogP contribution in [0.25, 0.3) is 16.9 Å². The number of nitrogens with one attached hydrogen (secondary N) is 3. The molecule has 1 fully saturated rings. The Morgan fingerprint density at radius 2 is 2.15 bits per heavy atom. The first-order valence-corrected chi connectivity index (χ1v) is 11.4. The summed E-state index contributed by atoms with van der Waals surface area (Å²) in [5.74, 6) is 1.11. The molecule has 2 aromatic heterocycles. The predicted octanol–water partition coefficient (Wildman–Crippen LogP) is 4.06. The Labute approximate surface area is 196 Å². The van der Waals surface area contributed by atoms with Crippen LogP contribution in [0.3, 0.4) is 0 Å². The number of non-ortho nitro benzene ring substituents is 1. The minimum atomic E-state index is -0.399. The second-order valence-corrected chi connectivity index (χ2v) is 8.45. The Bertz CT molecular complexity index is 1320. The van der Waals surface area contributed by atoms with Crippen molar-refractivity contribution in [3.63, 3.8) is 0 Å². The lowest BCUT2D eigenvalue weighted by Crippen LogP contribution is -2.29. The molecule has 34 heavy (non-hydrogen) atoms. The van der Waals surface area contributed by atoms with Gasteiger partial charge in [0.2, 0.25) is 5.95 Å². The maximum Gasteiger partial charge on any atom is 0.269 e. The van der Waals surface area contributed by atoms with Crippen LogP contribution in [0.15, 0.2) is 61.1 Å². The van der Waals surface area contributed by atoms with Crippen LogP contribution in [0.1, 0.15) is 31.4 Å². The molecule has 10 heteroatoms. The molecule has 4 aromatic rings. The van der Waals surface area contributed by atoms with Crippen molar-refractivity contribution >= 4 is 28.4 Å². The number of nitro groups is 1. The fourth-order valence-corrected chi connectivity index (χ4v) is 4.21. The molecule has 2 atom stereocenters. The van der Waals surface area contributed by atoms with E-state index in [-0.39, 0.29) is 11.7 Å². The van der Waals surface area contributed by atoms with Gasteiger partial charge in [-0.2, -0.15) is 4.98 Å². The molecule has 1 aliphatic heterocycles. The fourth-order valence-electron chi connectivity index (χ4n) is 4.21. The number of aromatic nitrogens is 4. The number of nitrogens with zero attached hydrogens (tertiary/aromatic N) is 5. The molecule has 2 aromatic carbocycles. The van der Waals surface area contributed by atoms with Crippen LogP contribution in [-0.2, 0) is 0 Å². The topological polar surface area (TPSA) is 123 Å². The van der Waals surface area contributed by atoms with Crippen molar-refractivity contribution in [2.24, 2.45) is 0 Å². The second-order valence-electron chi connectivity index (χ2n) is 8.45. The molecular weight excluding hydrogens is 432 g/mol. The zero-order chi connectivity index (χ0) is 23.5. The Morgan fingerprint density at radius 1 is 1.24 bits per heavy atom. The number of anilines is 2. The summed E-state index contributed by atoms with van der Waals surface area (Å²) in [6.45, 7) is 3.91. The molecule has 0 radical (unpaired) electrons. The highest BCUT2D eigenvalue weighted by atomic mass is 16.6. The lowest BCUT2D eigenvalue weighted by molar-refractivity contribution is -0.384. The van der Waals surface area contributed by atoms with Gasteiger partial charge in [-0.05, 0) is 56.1 Å². The molecule has 174 valence electrons. The van der Waals surface area contributed by atoms with E-state index >= 15 is 0 Å². The average Bonchev–Trinajstić information content (AvgIpc) is 3.52. The summed E-state index contributed by atoms with van der Waals surface area (Å²) in [6.07, 6.45) is 5.87. The SMILES string of the molecule is CC(Nc1nccc(-n2cnc3cc(NCC4CCCN4)ccc32)n1)c1cccc([N+](=O)[O-])c1. The molecule has 1 aliphatic rings. The number of rotatable bonds is 8. The van der Waals surface area contributed by atoms with E-state index in [2.05, 4.69) is 37.0 Å². The quantitative estimate of drug-likeness (QED) is 0.267. The molecule has 3 N–H and O–H groups in total. The number of hydrogen-bond donors (Lipinski definition) is 3. The number of imidazole rings is 1. The number of benzene rings is 2. The van der Waals surface area contributed by atoms with Crippen LogP contribution < -0.4 is 16.0 Å². The summed E-state index contributed by atoms with van der Waals surface area (Å²) in [4.78, 5) is 24.2. The standard InChI is InChI=1S/C24H26N8O2/c1-16(17-4-2-6-20(12-17)32(33)34)29-24-26-11-9-23(30-24)31-15-28-21-13-18(7-8-22(21)31)27-14-19-5-3-10-25-19/h2,4,6-9,11-13,15-16,19,25,27H,3,5,10,14H2,1H3,(H,26,29,30). The molecule has 0 bridgehead atoms. The van der Waals surface area contributed by atoms with Crippen molar-refractivity contribution in [2.75, 3.05) is 23.7 Å². The third-order valence-electron chi connectivity index (χ3n) is 6.08. The lowest BCUT2D eigenvalue weighted by Gasteiger charge is -2.15. The highest BCUT2D eigenvalue weighted by molar-refractivity contribution is 5.81. The van der Waals surface area contributed by atoms with Gasteiger partial charge in [0.05, 0.1) is 22.0 Å². The van der Waals surface area contributed by atoms with Crippen molar-refractivity contribution < 1.29 is 4.92 Å². The van der Waals surface area contributed by atoms with E-state index in [4.69, 9.17) is 0 Å². The summed E-state index contributed by atoms with van der Waals surface area (Å²) < 4.78 is 1.92. The van der Waals surface area contributed by atoms with Crippen LogP contribution in [0, 0.1) is 10.1 Å². The van der Waals surface area contributed by atoms with E-state index in [0.29, 0.717) is 17.8 Å². The maximum atomic E-state index is 11.1. The molecule has 3 heterocycles. The third-order valence-corrected chi connectivity index (χ3v) is 6.08. The fraction of sp³-hybridized carbons (Fsp3) is 0.292. The van der Waals surface area contributed by atoms with E-state index in [0.717, 1.165) is 35.4 Å². The van der Waals surface area contributed by atoms with Gasteiger partial charge in [0, 0.05) is 36.6 Å². The van der Waals surface area contributed by atoms with Gasteiger partial charge in [0.1, 0.15) is 12.1 Å². The van der Waals surface area contributed by atoms with Crippen LogP contribution in [0.4, 0.5) is 17.3 Å². The van der Waals surface area contributed by atoms with Gasteiger partial charge in [-0.25, -0.2) is 9.97 Å². The minimum Gasteiger partial charge on any atom is -0.383 e. The summed E-state index contributed by atoms with van der Waals surface area (Å²) in [5.41, 5.74) is 3.70. The van der Waals surface area contributed by atoms with Crippen molar-refractivity contribution in [1.29, 1.82) is 0 Å². The number of fused-ring (bicyclic) bond motifs is 1. The van der Waals surface area contributed by atoms with E-state index in [9.17, 15) is 10.1 Å². The van der Waals surface area contributed by atoms with Gasteiger partial charge < -0.3 is 16.0 Å². The average molecular weight is 459 g/mol. The smallest absolute Gasteiger partial charge is 0.269 e. The summed E-state index contributed by atoms with van der Waals surface area (Å²) in [5, 5.41) is 21.3. The van der Waals surface area contributed by atoms with Crippen LogP contribution in [0.2, 0.25) is 0 Å². The van der Waals surface area contributed by atoms with Crippen LogP contribution in [-0.4, -0.2) is 43.6 Å². The van der Waals surface area contributed by atoms with E-state index < -0.39 is 4.92 Å². The lowest BCUT2D eigenvalue weighted by atomic mass is 10.1. The van der Waals surface area contributed by atoms with E-state index in [1.807, 2.05) is 35.8 Å². The predicted molar refractivity (Wildman–Crippen MR) is 131 cm³/mol. The summed E-state index contributed by atoms with van der Waals surface area (Å²) in [7, 11) is 0. The Balaban J connectivity index is 1.32. The van der Waals surface area contributed by atoms with Gasteiger partial charge in [0.15, 0.2) is 0 Å². The summed E-state index contributed by atoms with van der Waals surface area (Å²) in [6, 6.07) is 14.8. The zero-order valence-electron chi connectivity index (χ0n) is 18.8. The minimum absolute atomic E-state index is 0.0547. The van der Waals surface area contributed by atoms with E-state index in [1.54, 1.807) is 24.7 Å². The number of hydrogen-bond acceptors (Lipinski definition) is 8. The molecule has 2 unspecified atom stereocenters. The molecule has 0 amide bonds. The Hall–Kier alpha value is -4.05. The molecule has 1 saturated heterocycles. The van der Waals surface area contributed by atoms with Gasteiger partial charge in [0.25, 0.3) is 5.69 Å². The Morgan fingerprint density at radius 3 is 2.97 bits per heavy atom. The monoisotopic (exact) mass is 458 g/mol. The van der Waals surface area contributed by atoms with Gasteiger partial charge in [-0.3, -0.25) is 14.7 Å². The first kappa shape index (κ1) is 21.8. The van der Waals surface area contributed by atoms with Crippen LogP contribution in [0.5, 0.6) is 0 Å². The third kappa shape index (κ3) is 4.67. The van der Waals surface area contributed by atoms with Gasteiger partial charge in [-0.15, -0.1) is 0 Å². The molecule has 0 spiro atoms. The van der Waals surface area contributed by atoms with Gasteiger partial charge in [-0.1, -0.05) is 12.1 Å². The van der Waals surface area contributed by atoms with Crippen molar-refractivity contribution in [1.82, 2.24) is 24.8 Å². The molecule has 10 nitrogen and oxygen atoms in total. The highest BCUT2D eigenvalue weighted by Crippen LogP contribution is 2.24. The molecule has 0 saturated carbocycles. The first-order chi connectivity index (χ1) is 16.6. The first-order valence-electron chi connectivity index (χ1n) is 11.4. The van der Waals surface area contributed by atoms with Crippen molar-refractivity contribution in [3.05, 3.63) is 76.7 Å². The molecular formula is C24H26N8O2. The number of nitro benzene ring substituents is 1. The zero-order valence-corrected chi connectivity index (χ0v) is 18.8. The van der Waals surface area contributed by atoms with Crippen LogP contribution >= 0.6 is 0 Å². The van der Waals surface area contributed by atoms with Gasteiger partial charge >= 0.3 is 0 Å². The largest absolute Gasteiger partial charge is 0.383 e. The maximum absolute atomic E-state index is 11.1. The molecule has 5 rings (SSSR count). The molecule has 0 aliphatic carbocycles. The highest BCUT2D eigenvalue weighted by Gasteiger charge is 2.15. The Kier molecular flexibility index (Phi) is 6.05. The van der Waals surface area contributed by atoms with E-state index in [1.165, 1.54) is 18.9 Å². The van der Waals surface area contributed by atoms with Crippen molar-refractivity contribution in [2.45, 2.75) is 31.8 Å². The normalized spacial score (nSPS) is 16.4.